The van der Waals surface area contributed by atoms with Gasteiger partial charge in [-0.3, -0.25) is 14.4 Å². The molecule has 0 amide bonds. The van der Waals surface area contributed by atoms with Crippen LogP contribution in [0.2, 0.25) is 0 Å². The van der Waals surface area contributed by atoms with Gasteiger partial charge in [-0.05, 0) is 109 Å². The molecule has 0 aliphatic rings. The summed E-state index contributed by atoms with van der Waals surface area (Å²) in [5.41, 5.74) is 0. The standard InChI is InChI=1S/C61H94O6/c1-4-7-10-13-16-19-22-25-27-29-31-33-34-36-39-42-45-48-51-54-60(63)66-57-58(56-65-59(62)53-50-47-44-41-38-24-21-18-15-12-9-6-3)67-61(64)55-52-49-46-43-40-37-35-32-30-28-26-23-20-17-14-11-8-5-2/h7,9-12,14,16-21,23,25-28,30-33,35-36,39,58H,4-6,8,13,15,22,24,29,34,37-38,40-57H2,1-3H3/b10-7-,12-9-,14-11-,19-16-,20-17-,21-18-,26-23-,27-25-,30-28-,33-31-,35-32-,39-36-. The van der Waals surface area contributed by atoms with E-state index < -0.39 is 6.10 Å². The minimum absolute atomic E-state index is 0.113. The summed E-state index contributed by atoms with van der Waals surface area (Å²) in [5, 5.41) is 0. The van der Waals surface area contributed by atoms with Gasteiger partial charge in [0.2, 0.25) is 0 Å². The van der Waals surface area contributed by atoms with Gasteiger partial charge in [0.25, 0.3) is 0 Å². The van der Waals surface area contributed by atoms with Gasteiger partial charge < -0.3 is 14.2 Å². The zero-order chi connectivity index (χ0) is 48.6. The number of ether oxygens (including phenoxy) is 3. The fourth-order valence-electron chi connectivity index (χ4n) is 6.53. The Hall–Kier alpha value is -4.71. The van der Waals surface area contributed by atoms with Crippen molar-refractivity contribution in [1.82, 2.24) is 0 Å². The van der Waals surface area contributed by atoms with Crippen molar-refractivity contribution in [2.45, 2.75) is 207 Å². The predicted octanol–water partition coefficient (Wildman–Crippen LogP) is 17.6. The third-order valence-corrected chi connectivity index (χ3v) is 10.4. The highest BCUT2D eigenvalue weighted by Gasteiger charge is 2.19. The summed E-state index contributed by atoms with van der Waals surface area (Å²) in [6, 6.07) is 0. The molecule has 6 nitrogen and oxygen atoms in total. The summed E-state index contributed by atoms with van der Waals surface area (Å²) >= 11 is 0. The van der Waals surface area contributed by atoms with Crippen molar-refractivity contribution >= 4 is 17.9 Å². The Morgan fingerprint density at radius 1 is 0.328 bits per heavy atom. The maximum absolute atomic E-state index is 12.8. The Balaban J connectivity index is 4.54. The molecule has 0 radical (unpaired) electrons. The third kappa shape index (κ3) is 52.1. The van der Waals surface area contributed by atoms with Gasteiger partial charge >= 0.3 is 17.9 Å². The molecule has 0 spiro atoms. The van der Waals surface area contributed by atoms with Gasteiger partial charge in [-0.15, -0.1) is 0 Å². The van der Waals surface area contributed by atoms with Crippen molar-refractivity contribution in [2.24, 2.45) is 0 Å². The molecule has 0 N–H and O–H groups in total. The predicted molar refractivity (Wildman–Crippen MR) is 288 cm³/mol. The Morgan fingerprint density at radius 3 is 1.06 bits per heavy atom. The topological polar surface area (TPSA) is 78.9 Å². The van der Waals surface area contributed by atoms with E-state index in [2.05, 4.69) is 130 Å². The summed E-state index contributed by atoms with van der Waals surface area (Å²) in [6.45, 7) is 6.24. The highest BCUT2D eigenvalue weighted by Crippen LogP contribution is 2.12. The molecule has 1 unspecified atom stereocenters. The summed E-state index contributed by atoms with van der Waals surface area (Å²) in [5.74, 6) is -0.997. The van der Waals surface area contributed by atoms with Crippen molar-refractivity contribution in [3.63, 3.8) is 0 Å². The summed E-state index contributed by atoms with van der Waals surface area (Å²) in [7, 11) is 0. The highest BCUT2D eigenvalue weighted by molar-refractivity contribution is 5.71. The van der Waals surface area contributed by atoms with Crippen LogP contribution >= 0.6 is 0 Å². The first-order valence-corrected chi connectivity index (χ1v) is 26.4. The van der Waals surface area contributed by atoms with E-state index >= 15 is 0 Å². The molecule has 0 heterocycles. The van der Waals surface area contributed by atoms with Gasteiger partial charge in [-0.1, -0.05) is 218 Å². The van der Waals surface area contributed by atoms with Crippen LogP contribution in [0, 0.1) is 0 Å². The number of hydrogen-bond donors (Lipinski definition) is 0. The number of unbranched alkanes of at least 4 members (excludes halogenated alkanes) is 14. The van der Waals surface area contributed by atoms with Crippen LogP contribution in [0.5, 0.6) is 0 Å². The van der Waals surface area contributed by atoms with E-state index in [0.717, 1.165) is 154 Å². The van der Waals surface area contributed by atoms with E-state index in [1.807, 2.05) is 36.5 Å². The Kier molecular flexibility index (Phi) is 50.1. The SMILES string of the molecule is CC/C=C\C/C=C\C/C=C\C/C=C\C/C=C\CCCCCC(=O)OCC(COC(=O)CCCCCCC/C=C\C/C=C\CC)OC(=O)CCCCCCC\C=C/C=C\C=C/C=C\C=C/CCC. The van der Waals surface area contributed by atoms with Gasteiger partial charge in [0, 0.05) is 19.3 Å². The Bertz CT molecular complexity index is 1530. The van der Waals surface area contributed by atoms with Crippen LogP contribution in [0.4, 0.5) is 0 Å². The molecule has 1 atom stereocenters. The van der Waals surface area contributed by atoms with E-state index in [1.54, 1.807) is 0 Å². The van der Waals surface area contributed by atoms with E-state index in [-0.39, 0.29) is 37.5 Å². The summed E-state index contributed by atoms with van der Waals surface area (Å²) in [4.78, 5) is 38.0. The molecule has 0 saturated carbocycles. The van der Waals surface area contributed by atoms with Crippen LogP contribution in [-0.4, -0.2) is 37.2 Å². The average Bonchev–Trinajstić information content (AvgIpc) is 3.33. The van der Waals surface area contributed by atoms with Crippen LogP contribution in [0.1, 0.15) is 201 Å². The lowest BCUT2D eigenvalue weighted by Crippen LogP contribution is -2.30. The van der Waals surface area contributed by atoms with Crippen molar-refractivity contribution in [3.8, 4) is 0 Å². The first kappa shape index (κ1) is 62.3. The molecular weight excluding hydrogens is 829 g/mol. The van der Waals surface area contributed by atoms with Crippen molar-refractivity contribution in [1.29, 1.82) is 0 Å². The van der Waals surface area contributed by atoms with Crippen LogP contribution < -0.4 is 0 Å². The maximum Gasteiger partial charge on any atom is 0.306 e. The third-order valence-electron chi connectivity index (χ3n) is 10.4. The molecule has 374 valence electrons. The molecule has 0 aliphatic carbocycles. The number of carbonyl (C=O) groups is 3. The molecule has 0 aliphatic heterocycles. The number of esters is 3. The second-order valence-corrected chi connectivity index (χ2v) is 16.8. The fourth-order valence-corrected chi connectivity index (χ4v) is 6.53. The maximum atomic E-state index is 12.8. The van der Waals surface area contributed by atoms with Gasteiger partial charge in [0.15, 0.2) is 6.10 Å². The van der Waals surface area contributed by atoms with Crippen LogP contribution in [-0.2, 0) is 28.6 Å². The van der Waals surface area contributed by atoms with Gasteiger partial charge in [-0.25, -0.2) is 0 Å². The normalized spacial score (nSPS) is 13.3. The molecular formula is C61H94O6. The van der Waals surface area contributed by atoms with E-state index in [0.29, 0.717) is 12.8 Å². The van der Waals surface area contributed by atoms with Gasteiger partial charge in [0.1, 0.15) is 13.2 Å². The van der Waals surface area contributed by atoms with Gasteiger partial charge in [0.05, 0.1) is 0 Å². The number of allylic oxidation sites excluding steroid dienone is 24. The molecule has 0 fully saturated rings. The monoisotopic (exact) mass is 923 g/mol. The second kappa shape index (κ2) is 53.9. The molecule has 0 saturated heterocycles. The Morgan fingerprint density at radius 2 is 0.642 bits per heavy atom. The quantitative estimate of drug-likeness (QED) is 0.0199. The smallest absolute Gasteiger partial charge is 0.306 e. The Labute approximate surface area is 410 Å². The minimum atomic E-state index is -0.818. The van der Waals surface area contributed by atoms with Crippen molar-refractivity contribution < 1.29 is 28.6 Å². The van der Waals surface area contributed by atoms with E-state index in [9.17, 15) is 14.4 Å². The molecule has 0 aromatic rings. The van der Waals surface area contributed by atoms with Crippen LogP contribution in [0.3, 0.4) is 0 Å². The largest absolute Gasteiger partial charge is 0.462 e. The molecule has 67 heavy (non-hydrogen) atoms. The zero-order valence-electron chi connectivity index (χ0n) is 42.6. The van der Waals surface area contributed by atoms with E-state index in [4.69, 9.17) is 14.2 Å². The lowest BCUT2D eigenvalue weighted by Gasteiger charge is -2.18. The van der Waals surface area contributed by atoms with Gasteiger partial charge in [-0.2, -0.15) is 0 Å². The fraction of sp³-hybridized carbons (Fsp3) is 0.557. The second-order valence-electron chi connectivity index (χ2n) is 16.8. The lowest BCUT2D eigenvalue weighted by molar-refractivity contribution is -0.167. The number of hydrogen-bond acceptors (Lipinski definition) is 6. The molecule has 0 bridgehead atoms. The molecule has 6 heteroatoms. The van der Waals surface area contributed by atoms with Crippen molar-refractivity contribution in [2.75, 3.05) is 13.2 Å². The number of rotatable bonds is 45. The minimum Gasteiger partial charge on any atom is -0.462 e. The number of carbonyl (C=O) groups excluding carboxylic acids is 3. The highest BCUT2D eigenvalue weighted by atomic mass is 16.6. The molecule has 0 rings (SSSR count). The van der Waals surface area contributed by atoms with Crippen LogP contribution in [0.25, 0.3) is 0 Å². The zero-order valence-corrected chi connectivity index (χ0v) is 42.6. The van der Waals surface area contributed by atoms with E-state index in [1.165, 1.54) is 6.42 Å². The first-order chi connectivity index (χ1) is 33.0. The van der Waals surface area contributed by atoms with Crippen LogP contribution in [0.15, 0.2) is 146 Å². The average molecular weight is 923 g/mol. The molecule has 0 aromatic heterocycles. The first-order valence-electron chi connectivity index (χ1n) is 26.4. The summed E-state index contributed by atoms with van der Waals surface area (Å²) < 4.78 is 16.8. The molecule has 0 aromatic carbocycles. The lowest BCUT2D eigenvalue weighted by atomic mass is 10.1. The van der Waals surface area contributed by atoms with Crippen molar-refractivity contribution in [3.05, 3.63) is 146 Å². The summed E-state index contributed by atoms with van der Waals surface area (Å²) in [6.07, 6.45) is 76.8.